The molecule has 0 unspecified atom stereocenters. The Morgan fingerprint density at radius 3 is 2.29 bits per heavy atom. The Kier molecular flexibility index (Phi) is 5.25. The second-order valence-corrected chi connectivity index (χ2v) is 5.39. The third-order valence-electron chi connectivity index (χ3n) is 2.30. The number of ether oxygens (including phenoxy) is 1. The second kappa shape index (κ2) is 6.53. The Morgan fingerprint density at radius 2 is 1.81 bits per heavy atom. The molecular weight excluding hydrogens is 284 g/mol. The molecule has 1 heterocycles. The van der Waals surface area contributed by atoms with Gasteiger partial charge in [-0.2, -0.15) is 0 Å². The molecule has 118 valence electrons. The van der Waals surface area contributed by atoms with E-state index in [1.54, 1.807) is 20.8 Å². The highest BCUT2D eigenvalue weighted by molar-refractivity contribution is 6.01. The maximum Gasteiger partial charge on any atom is 0.407 e. The summed E-state index contributed by atoms with van der Waals surface area (Å²) in [6.45, 7) is 4.50. The molecule has 0 aromatic heterocycles. The van der Waals surface area contributed by atoms with E-state index in [2.05, 4.69) is 10.2 Å². The zero-order valence-corrected chi connectivity index (χ0v) is 12.0. The van der Waals surface area contributed by atoms with E-state index in [1.165, 1.54) is 0 Å². The van der Waals surface area contributed by atoms with E-state index in [9.17, 15) is 24.3 Å². The smallest absolute Gasteiger partial charge is 0.407 e. The van der Waals surface area contributed by atoms with Crippen molar-refractivity contribution in [1.29, 1.82) is 0 Å². The van der Waals surface area contributed by atoms with Crippen molar-refractivity contribution in [1.82, 2.24) is 10.4 Å². The average Bonchev–Trinajstić information content (AvgIpc) is 2.65. The molecule has 9 heteroatoms. The van der Waals surface area contributed by atoms with Crippen LogP contribution in [0.4, 0.5) is 4.79 Å². The van der Waals surface area contributed by atoms with Crippen LogP contribution >= 0.6 is 0 Å². The number of carbonyl (C=O) groups excluding carboxylic acids is 4. The van der Waals surface area contributed by atoms with Gasteiger partial charge in [0.2, 0.25) is 0 Å². The monoisotopic (exact) mass is 302 g/mol. The highest BCUT2D eigenvalue weighted by Crippen LogP contribution is 2.12. The van der Waals surface area contributed by atoms with Gasteiger partial charge >= 0.3 is 12.1 Å². The summed E-state index contributed by atoms with van der Waals surface area (Å²) in [5.74, 6) is -2.52. The molecule has 1 rings (SSSR count). The minimum absolute atomic E-state index is 0.0433. The van der Waals surface area contributed by atoms with Crippen LogP contribution in [-0.2, 0) is 24.0 Å². The van der Waals surface area contributed by atoms with Crippen molar-refractivity contribution in [2.45, 2.75) is 45.3 Å². The molecule has 3 amide bonds. The summed E-state index contributed by atoms with van der Waals surface area (Å²) in [7, 11) is 0. The maximum atomic E-state index is 11.5. The first kappa shape index (κ1) is 16.9. The van der Waals surface area contributed by atoms with Gasteiger partial charge in [0.05, 0.1) is 6.54 Å². The molecule has 1 aliphatic rings. The minimum Gasteiger partial charge on any atom is -0.444 e. The van der Waals surface area contributed by atoms with E-state index in [-0.39, 0.29) is 12.8 Å². The van der Waals surface area contributed by atoms with Crippen LogP contribution in [0.3, 0.4) is 0 Å². The summed E-state index contributed by atoms with van der Waals surface area (Å²) in [5.41, 5.74) is -0.718. The molecule has 21 heavy (non-hydrogen) atoms. The fourth-order valence-corrected chi connectivity index (χ4v) is 1.39. The van der Waals surface area contributed by atoms with Crippen LogP contribution in [0.15, 0.2) is 0 Å². The summed E-state index contributed by atoms with van der Waals surface area (Å²) in [5, 5.41) is 12.0. The third-order valence-corrected chi connectivity index (χ3v) is 2.30. The fourth-order valence-electron chi connectivity index (χ4n) is 1.39. The lowest BCUT2D eigenvalue weighted by Crippen LogP contribution is -2.43. The Morgan fingerprint density at radius 1 is 1.29 bits per heavy atom. The first-order chi connectivity index (χ1) is 9.60. The lowest BCUT2D eigenvalue weighted by molar-refractivity contribution is -0.203. The molecule has 2 N–H and O–H groups in total. The third kappa shape index (κ3) is 5.38. The van der Waals surface area contributed by atoms with Gasteiger partial charge in [-0.25, -0.2) is 9.59 Å². The molecule has 0 aromatic rings. The number of alkyl carbamates (subject to hydrolysis) is 1. The molecule has 0 spiro atoms. The second-order valence-electron chi connectivity index (χ2n) is 5.39. The number of aliphatic hydroxyl groups excluding tert-OH is 1. The van der Waals surface area contributed by atoms with Crippen LogP contribution in [0.2, 0.25) is 0 Å². The molecular formula is C12H18N2O7. The van der Waals surface area contributed by atoms with Gasteiger partial charge in [-0.15, -0.1) is 5.06 Å². The topological polar surface area (TPSA) is 122 Å². The predicted octanol–water partition coefficient (Wildman–Crippen LogP) is -0.521. The molecule has 1 atom stereocenters. The molecule has 1 saturated heterocycles. The normalized spacial score (nSPS) is 16.7. The van der Waals surface area contributed by atoms with E-state index in [0.717, 1.165) is 0 Å². The van der Waals surface area contributed by atoms with E-state index in [0.29, 0.717) is 5.06 Å². The number of hydrogen-bond acceptors (Lipinski definition) is 7. The Bertz CT molecular complexity index is 439. The summed E-state index contributed by atoms with van der Waals surface area (Å²) in [6, 6.07) is 0. The quantitative estimate of drug-likeness (QED) is 0.670. The Labute approximate surface area is 121 Å². The predicted molar refractivity (Wildman–Crippen MR) is 67.4 cm³/mol. The van der Waals surface area contributed by atoms with Crippen molar-refractivity contribution in [3.05, 3.63) is 0 Å². The number of nitrogens with zero attached hydrogens (tertiary/aromatic N) is 1. The van der Waals surface area contributed by atoms with Crippen molar-refractivity contribution in [2.24, 2.45) is 0 Å². The maximum absolute atomic E-state index is 11.5. The SMILES string of the molecule is CC(C)(C)OC(=O)NC[C@H](O)C(=O)ON1C(=O)CCC1=O. The number of amides is 3. The van der Waals surface area contributed by atoms with Gasteiger partial charge in [0, 0.05) is 12.8 Å². The van der Waals surface area contributed by atoms with Gasteiger partial charge < -0.3 is 20.0 Å². The van der Waals surface area contributed by atoms with Crippen LogP contribution in [-0.4, -0.2) is 52.3 Å². The minimum atomic E-state index is -1.72. The first-order valence-corrected chi connectivity index (χ1v) is 6.32. The zero-order chi connectivity index (χ0) is 16.2. The van der Waals surface area contributed by atoms with Crippen LogP contribution in [0, 0.1) is 0 Å². The van der Waals surface area contributed by atoms with E-state index >= 15 is 0 Å². The molecule has 0 bridgehead atoms. The van der Waals surface area contributed by atoms with Gasteiger partial charge in [0.1, 0.15) is 5.60 Å². The standard InChI is InChI=1S/C12H18N2O7/c1-12(2,3)20-11(19)13-6-7(15)10(18)21-14-8(16)4-5-9(14)17/h7,15H,4-6H2,1-3H3,(H,13,19)/t7-/m0/s1. The van der Waals surface area contributed by atoms with Crippen LogP contribution in [0.1, 0.15) is 33.6 Å². The van der Waals surface area contributed by atoms with E-state index < -0.39 is 42.1 Å². The van der Waals surface area contributed by atoms with Crippen molar-refractivity contribution in [3.63, 3.8) is 0 Å². The lowest BCUT2D eigenvalue weighted by atomic mass is 10.2. The molecule has 0 radical (unpaired) electrons. The first-order valence-electron chi connectivity index (χ1n) is 6.32. The van der Waals surface area contributed by atoms with Gasteiger partial charge in [-0.1, -0.05) is 0 Å². The largest absolute Gasteiger partial charge is 0.444 e. The number of rotatable bonds is 4. The number of hydrogen-bond donors (Lipinski definition) is 2. The Balaban J connectivity index is 2.39. The van der Waals surface area contributed by atoms with Gasteiger partial charge in [-0.05, 0) is 20.8 Å². The van der Waals surface area contributed by atoms with E-state index in [4.69, 9.17) is 4.74 Å². The number of nitrogens with one attached hydrogen (secondary N) is 1. The summed E-state index contributed by atoms with van der Waals surface area (Å²) in [6.07, 6.45) is -2.63. The van der Waals surface area contributed by atoms with Crippen molar-refractivity contribution < 1.29 is 33.9 Å². The fraction of sp³-hybridized carbons (Fsp3) is 0.667. The number of imide groups is 1. The van der Waals surface area contributed by atoms with E-state index in [1.807, 2.05) is 0 Å². The van der Waals surface area contributed by atoms with Crippen molar-refractivity contribution in [3.8, 4) is 0 Å². The average molecular weight is 302 g/mol. The highest BCUT2D eigenvalue weighted by atomic mass is 16.7. The zero-order valence-electron chi connectivity index (χ0n) is 12.0. The molecule has 1 aliphatic heterocycles. The highest BCUT2D eigenvalue weighted by Gasteiger charge is 2.34. The molecule has 9 nitrogen and oxygen atoms in total. The van der Waals surface area contributed by atoms with Crippen LogP contribution in [0.25, 0.3) is 0 Å². The van der Waals surface area contributed by atoms with Crippen molar-refractivity contribution in [2.75, 3.05) is 6.54 Å². The molecule has 0 aromatic carbocycles. The lowest BCUT2D eigenvalue weighted by Gasteiger charge is -2.20. The van der Waals surface area contributed by atoms with Crippen molar-refractivity contribution >= 4 is 23.9 Å². The van der Waals surface area contributed by atoms with Gasteiger partial charge in [0.25, 0.3) is 11.8 Å². The molecule has 1 fully saturated rings. The molecule has 0 saturated carbocycles. The van der Waals surface area contributed by atoms with Crippen LogP contribution in [0.5, 0.6) is 0 Å². The summed E-state index contributed by atoms with van der Waals surface area (Å²) >= 11 is 0. The van der Waals surface area contributed by atoms with Crippen LogP contribution < -0.4 is 5.32 Å². The number of carbonyl (C=O) groups is 4. The summed E-state index contributed by atoms with van der Waals surface area (Å²) < 4.78 is 4.90. The Hall–Kier alpha value is -2.16. The number of hydroxylamine groups is 2. The summed E-state index contributed by atoms with van der Waals surface area (Å²) in [4.78, 5) is 49.7. The number of aliphatic hydroxyl groups is 1. The van der Waals surface area contributed by atoms with Gasteiger partial charge in [0.15, 0.2) is 6.10 Å². The van der Waals surface area contributed by atoms with Gasteiger partial charge in [-0.3, -0.25) is 9.59 Å². The molecule has 0 aliphatic carbocycles.